The zero-order chi connectivity index (χ0) is 53.4. The van der Waals surface area contributed by atoms with Crippen molar-refractivity contribution >= 4 is 15.6 Å². The van der Waals surface area contributed by atoms with Gasteiger partial charge in [0, 0.05) is 0 Å². The van der Waals surface area contributed by atoms with Crippen molar-refractivity contribution in [1.29, 1.82) is 0 Å². The normalized spacial score (nSPS) is 11.7. The van der Waals surface area contributed by atoms with E-state index in [1.165, 1.54) is 270 Å². The Bertz CT molecular complexity index is 921. The quantitative estimate of drug-likeness (QED) is 0.0340. The zero-order valence-electron chi connectivity index (χ0n) is 49.0. The van der Waals surface area contributed by atoms with Gasteiger partial charge in [0.2, 0.25) is 0 Å². The minimum Gasteiger partial charge on any atom is -0.330 e. The van der Waals surface area contributed by atoms with Crippen LogP contribution in [0.15, 0.2) is 0 Å². The average Bonchev–Trinajstić information content (AvgIpc) is 3.36. The van der Waals surface area contributed by atoms with Crippen LogP contribution < -0.4 is 11.5 Å². The molecular weight excluding hydrogens is 939 g/mol. The molecule has 10 nitrogen and oxygen atoms in total. The highest BCUT2D eigenvalue weighted by molar-refractivity contribution is 7.47. The molecule has 0 unspecified atom stereocenters. The molecule has 0 fully saturated rings. The van der Waals surface area contributed by atoms with Crippen LogP contribution in [0.4, 0.5) is 0 Å². The van der Waals surface area contributed by atoms with Gasteiger partial charge in [-0.1, -0.05) is 310 Å². The third-order valence-corrected chi connectivity index (χ3v) is 15.7. The van der Waals surface area contributed by atoms with Crippen LogP contribution in [0.5, 0.6) is 0 Å². The molecule has 0 aliphatic carbocycles. The fraction of sp³-hybridized carbons (Fsp3) is 1.00. The maximum atomic E-state index is 11.8. The second kappa shape index (κ2) is 67.3. The minimum absolute atomic E-state index is 0.322. The molecule has 0 heterocycles. The van der Waals surface area contributed by atoms with Gasteiger partial charge in [-0.15, -0.1) is 0 Å². The SMILES string of the molecule is CCCCCCCCCCCCOP(=O)(O)OCCCCCCCCCCCC.CCCCCCCCCCCCOP(=O)(O)OCCCCCCCCCCCC.NCCCCCCCCCCCCN. The summed E-state index contributed by atoms with van der Waals surface area (Å²) in [6.07, 6.45) is 63.0. The lowest BCUT2D eigenvalue weighted by molar-refractivity contribution is 0.144. The van der Waals surface area contributed by atoms with E-state index in [0.717, 1.165) is 64.5 Å². The van der Waals surface area contributed by atoms with E-state index in [1.54, 1.807) is 0 Å². The molecule has 0 bridgehead atoms. The van der Waals surface area contributed by atoms with Gasteiger partial charge in [-0.2, -0.15) is 0 Å². The molecule has 0 saturated carbocycles. The lowest BCUT2D eigenvalue weighted by Crippen LogP contribution is -1.99. The van der Waals surface area contributed by atoms with Crippen LogP contribution in [-0.4, -0.2) is 49.3 Å². The minimum atomic E-state index is -3.85. The first kappa shape index (κ1) is 76.4. The molecule has 0 aromatic rings. The van der Waals surface area contributed by atoms with Crippen LogP contribution in [0.3, 0.4) is 0 Å². The molecule has 0 aromatic carbocycles. The van der Waals surface area contributed by atoms with Crippen molar-refractivity contribution in [2.24, 2.45) is 11.5 Å². The lowest BCUT2D eigenvalue weighted by Gasteiger charge is -2.12. The number of hydrogen-bond acceptors (Lipinski definition) is 8. The smallest absolute Gasteiger partial charge is 0.330 e. The molecule has 12 heteroatoms. The molecule has 0 radical (unpaired) electrons. The van der Waals surface area contributed by atoms with Crippen molar-refractivity contribution in [2.45, 2.75) is 349 Å². The predicted molar refractivity (Wildman–Crippen MR) is 315 cm³/mol. The highest BCUT2D eigenvalue weighted by Crippen LogP contribution is 2.44. The van der Waals surface area contributed by atoms with Crippen molar-refractivity contribution in [3.63, 3.8) is 0 Å². The van der Waals surface area contributed by atoms with E-state index in [4.69, 9.17) is 29.6 Å². The highest BCUT2D eigenvalue weighted by atomic mass is 31.2. The number of hydrogen-bond donors (Lipinski definition) is 4. The first-order chi connectivity index (χ1) is 35.2. The Morgan fingerprint density at radius 2 is 0.361 bits per heavy atom. The Morgan fingerprint density at radius 3 is 0.500 bits per heavy atom. The van der Waals surface area contributed by atoms with E-state index < -0.39 is 15.6 Å². The number of nitrogens with two attached hydrogens (primary N) is 2. The van der Waals surface area contributed by atoms with Gasteiger partial charge < -0.3 is 21.3 Å². The van der Waals surface area contributed by atoms with Gasteiger partial charge >= 0.3 is 15.6 Å². The summed E-state index contributed by atoms with van der Waals surface area (Å²) in [6.45, 7) is 12.0. The molecule has 6 N–H and O–H groups in total. The van der Waals surface area contributed by atoms with E-state index in [0.29, 0.717) is 26.4 Å². The fourth-order valence-corrected chi connectivity index (χ4v) is 10.4. The second-order valence-corrected chi connectivity index (χ2v) is 24.0. The van der Waals surface area contributed by atoms with Crippen LogP contribution in [0.2, 0.25) is 0 Å². The summed E-state index contributed by atoms with van der Waals surface area (Å²) in [5.41, 5.74) is 10.9. The summed E-state index contributed by atoms with van der Waals surface area (Å²) >= 11 is 0. The highest BCUT2D eigenvalue weighted by Gasteiger charge is 2.21. The largest absolute Gasteiger partial charge is 0.472 e. The van der Waals surface area contributed by atoms with Crippen LogP contribution in [0, 0.1) is 0 Å². The number of phosphoric ester groups is 2. The summed E-state index contributed by atoms with van der Waals surface area (Å²) < 4.78 is 44.0. The summed E-state index contributed by atoms with van der Waals surface area (Å²) in [5.74, 6) is 0. The van der Waals surface area contributed by atoms with Crippen LogP contribution >= 0.6 is 15.6 Å². The summed E-state index contributed by atoms with van der Waals surface area (Å²) in [7, 11) is -7.69. The Morgan fingerprint density at radius 1 is 0.236 bits per heavy atom. The van der Waals surface area contributed by atoms with E-state index in [1.807, 2.05) is 0 Å². The Hall–Kier alpha value is 0.140. The van der Waals surface area contributed by atoms with Crippen molar-refractivity contribution in [1.82, 2.24) is 0 Å². The first-order valence-electron chi connectivity index (χ1n) is 31.8. The molecule has 0 aliphatic rings. The molecule has 0 atom stereocenters. The molecule has 438 valence electrons. The zero-order valence-corrected chi connectivity index (χ0v) is 50.8. The number of phosphoric acid groups is 2. The summed E-state index contributed by atoms with van der Waals surface area (Å²) in [6, 6.07) is 0. The average molecular weight is 1070 g/mol. The second-order valence-electron chi connectivity index (χ2n) is 21.1. The van der Waals surface area contributed by atoms with Gasteiger partial charge in [-0.3, -0.25) is 18.1 Å². The maximum absolute atomic E-state index is 11.8. The molecule has 0 aromatic heterocycles. The van der Waals surface area contributed by atoms with Gasteiger partial charge in [0.25, 0.3) is 0 Å². The molecular formula is C60H130N2O8P2. The summed E-state index contributed by atoms with van der Waals surface area (Å²) in [5, 5.41) is 0. The Kier molecular flexibility index (Phi) is 71.3. The fourth-order valence-electron chi connectivity index (χ4n) is 8.86. The Balaban J connectivity index is -0.00000105. The third kappa shape index (κ3) is 74.4. The molecule has 0 saturated heterocycles. The van der Waals surface area contributed by atoms with Crippen molar-refractivity contribution in [3.05, 3.63) is 0 Å². The van der Waals surface area contributed by atoms with Crippen molar-refractivity contribution in [3.8, 4) is 0 Å². The number of unbranched alkanes of at least 4 members (excludes halogenated alkanes) is 45. The maximum Gasteiger partial charge on any atom is 0.472 e. The molecule has 72 heavy (non-hydrogen) atoms. The van der Waals surface area contributed by atoms with Gasteiger partial charge in [0.05, 0.1) is 26.4 Å². The lowest BCUT2D eigenvalue weighted by atomic mass is 10.1. The van der Waals surface area contributed by atoms with E-state index in [2.05, 4.69) is 27.7 Å². The predicted octanol–water partition coefficient (Wildman–Crippen LogP) is 20.7. The van der Waals surface area contributed by atoms with E-state index in [9.17, 15) is 18.9 Å². The van der Waals surface area contributed by atoms with Gasteiger partial charge in [-0.05, 0) is 51.6 Å². The van der Waals surface area contributed by atoms with E-state index >= 15 is 0 Å². The molecule has 0 spiro atoms. The Labute approximate surface area is 450 Å². The van der Waals surface area contributed by atoms with Gasteiger partial charge in [0.15, 0.2) is 0 Å². The van der Waals surface area contributed by atoms with Crippen LogP contribution in [-0.2, 0) is 27.2 Å². The molecule has 0 rings (SSSR count). The van der Waals surface area contributed by atoms with Crippen LogP contribution in [0.25, 0.3) is 0 Å². The van der Waals surface area contributed by atoms with Gasteiger partial charge in [-0.25, -0.2) is 9.13 Å². The van der Waals surface area contributed by atoms with Crippen molar-refractivity contribution in [2.75, 3.05) is 39.5 Å². The monoisotopic (exact) mass is 1070 g/mol. The van der Waals surface area contributed by atoms with Crippen molar-refractivity contribution < 1.29 is 37.0 Å². The van der Waals surface area contributed by atoms with Crippen LogP contribution in [0.1, 0.15) is 349 Å². The first-order valence-corrected chi connectivity index (χ1v) is 34.8. The summed E-state index contributed by atoms with van der Waals surface area (Å²) in [4.78, 5) is 19.4. The third-order valence-electron chi connectivity index (χ3n) is 13.7. The number of rotatable bonds is 59. The topological polar surface area (TPSA) is 164 Å². The molecule has 0 aliphatic heterocycles. The van der Waals surface area contributed by atoms with E-state index in [-0.39, 0.29) is 0 Å². The van der Waals surface area contributed by atoms with Gasteiger partial charge in [0.1, 0.15) is 0 Å². The standard InChI is InChI=1S/2C24H51O4P.C12H28N2/c2*1-3-5-7-9-11-13-15-17-19-21-23-27-29(25,26)28-24-22-20-18-16-14-12-10-8-6-4-2;13-11-9-7-5-3-1-2-4-6-8-10-12-14/h2*3-24H2,1-2H3,(H,25,26);1-14H2. The molecule has 0 amide bonds.